The van der Waals surface area contributed by atoms with E-state index in [0.717, 1.165) is 31.2 Å². The number of alkyl halides is 2. The Morgan fingerprint density at radius 1 is 0.785 bits per heavy atom. The molecule has 6 atom stereocenters. The van der Waals surface area contributed by atoms with Crippen LogP contribution in [0, 0.1) is 23.2 Å². The van der Waals surface area contributed by atoms with Crippen molar-refractivity contribution in [3.8, 4) is 33.5 Å². The summed E-state index contributed by atoms with van der Waals surface area (Å²) in [7, 11) is 2.53. The Hall–Kier alpha value is -6.32. The lowest BCUT2D eigenvalue weighted by molar-refractivity contribution is -0.138. The lowest BCUT2D eigenvalue weighted by atomic mass is 9.98. The number of aromatic nitrogens is 4. The van der Waals surface area contributed by atoms with Crippen molar-refractivity contribution >= 4 is 35.0 Å². The third-order valence-electron chi connectivity index (χ3n) is 14.2. The molecule has 1 saturated carbocycles. The first kappa shape index (κ1) is 43.9. The Kier molecular flexibility index (Phi) is 11.0. The van der Waals surface area contributed by atoms with Gasteiger partial charge >= 0.3 is 12.2 Å². The first-order valence-corrected chi connectivity index (χ1v) is 22.5. The van der Waals surface area contributed by atoms with Crippen molar-refractivity contribution in [2.75, 3.05) is 20.8 Å². The van der Waals surface area contributed by atoms with Crippen LogP contribution in [0.3, 0.4) is 0 Å². The molecule has 0 radical (unpaired) electrons. The summed E-state index contributed by atoms with van der Waals surface area (Å²) in [6.45, 7) is 12.1. The minimum absolute atomic E-state index is 0.00800. The number of hydrogen-bond donors (Lipinski definition) is 4. The molecule has 3 fully saturated rings. The number of methoxy groups -OCH3 is 2. The standard InChI is InChI=1S/C49H56F2N8O6/c1-24(2)39(56-46(62)64-7)44(60)58-23-48(15-16-48)21-38(58)42-52-22-37(55-42)30-10-13-32-31-12-9-28(18-33(31)49(50,51)34(32)19-30)29-11-14-35-36(20-29)54-43(53-35)41-26(5)17-27(6)59(41)45(61)40(25(3)4)57-47(63)65-8/h9-14,18-20,22,24-27,38-41H,15-17,21,23H2,1-8H3,(H,52,55)(H,53,54)(H,56,62)(H,57,63)/t26-,27+,38-,39+,40+,41-/m0/s1. The summed E-state index contributed by atoms with van der Waals surface area (Å²) < 4.78 is 43.0. The number of likely N-dealkylation sites (tertiary alicyclic amines) is 2. The first-order chi connectivity index (χ1) is 30.9. The Bertz CT molecular complexity index is 2710. The smallest absolute Gasteiger partial charge is 0.407 e. The second-order valence-corrected chi connectivity index (χ2v) is 19.3. The quantitative estimate of drug-likeness (QED) is 0.108. The SMILES string of the molecule is COC(=O)N[C@@H](C(=O)N1CC2(CC2)C[C@H]1c1ncc(-c2ccc3c(c2)C(F)(F)c2cc(-c4ccc5nc([C@@H]6[C@@H](C)C[C@@H](C)N6C(=O)[C@H](NC(=O)OC)C(C)C)[nH]c5c4)ccc2-3)[nH]1)C(C)C. The molecule has 2 aromatic heterocycles. The maximum Gasteiger partial charge on any atom is 0.407 e. The zero-order valence-corrected chi connectivity index (χ0v) is 37.9. The van der Waals surface area contributed by atoms with E-state index in [-0.39, 0.29) is 64.2 Å². The molecule has 9 rings (SSSR count). The van der Waals surface area contributed by atoms with Crippen LogP contribution in [0.4, 0.5) is 18.4 Å². The van der Waals surface area contributed by atoms with Crippen LogP contribution in [0.2, 0.25) is 0 Å². The van der Waals surface area contributed by atoms with Gasteiger partial charge in [0.05, 0.1) is 49.2 Å². The monoisotopic (exact) mass is 890 g/mol. The molecule has 0 bridgehead atoms. The van der Waals surface area contributed by atoms with Crippen LogP contribution in [0.5, 0.6) is 0 Å². The molecular weight excluding hydrogens is 835 g/mol. The zero-order valence-electron chi connectivity index (χ0n) is 37.9. The average molecular weight is 891 g/mol. The van der Waals surface area contributed by atoms with Crippen molar-refractivity contribution in [1.82, 2.24) is 40.4 Å². The summed E-state index contributed by atoms with van der Waals surface area (Å²) in [5.74, 6) is -2.82. The molecule has 4 aliphatic rings. The molecule has 342 valence electrons. The van der Waals surface area contributed by atoms with Crippen molar-refractivity contribution in [3.05, 3.63) is 83.6 Å². The van der Waals surface area contributed by atoms with Gasteiger partial charge in [0.1, 0.15) is 23.7 Å². The molecule has 1 spiro atoms. The van der Waals surface area contributed by atoms with Crippen LogP contribution < -0.4 is 10.6 Å². The number of H-pyrrole nitrogens is 2. The molecule has 3 aromatic carbocycles. The number of benzene rings is 3. The van der Waals surface area contributed by atoms with Gasteiger partial charge in [-0.25, -0.2) is 19.6 Å². The van der Waals surface area contributed by atoms with Gasteiger partial charge in [0, 0.05) is 29.3 Å². The molecule has 5 aromatic rings. The highest BCUT2D eigenvalue weighted by molar-refractivity contribution is 5.89. The third-order valence-corrected chi connectivity index (χ3v) is 14.2. The van der Waals surface area contributed by atoms with Crippen molar-refractivity contribution in [3.63, 3.8) is 0 Å². The number of carbonyl (C=O) groups excluding carboxylic acids is 4. The highest BCUT2D eigenvalue weighted by Gasteiger charge is 2.55. The number of halogens is 2. The van der Waals surface area contributed by atoms with E-state index in [1.165, 1.54) is 20.3 Å². The summed E-state index contributed by atoms with van der Waals surface area (Å²) in [5.41, 5.74) is 4.57. The summed E-state index contributed by atoms with van der Waals surface area (Å²) in [4.78, 5) is 72.4. The summed E-state index contributed by atoms with van der Waals surface area (Å²) in [5, 5.41) is 5.41. The molecule has 0 unspecified atom stereocenters. The number of ether oxygens (including phenoxy) is 2. The lowest BCUT2D eigenvalue weighted by Gasteiger charge is -2.33. The first-order valence-electron chi connectivity index (χ1n) is 22.5. The maximum atomic E-state index is 16.7. The van der Waals surface area contributed by atoms with Gasteiger partial charge in [0.25, 0.3) is 5.92 Å². The van der Waals surface area contributed by atoms with Crippen molar-refractivity contribution < 1.29 is 37.4 Å². The van der Waals surface area contributed by atoms with E-state index in [2.05, 4.69) is 27.5 Å². The molecule has 2 aliphatic carbocycles. The second-order valence-electron chi connectivity index (χ2n) is 19.3. The number of hydrogen-bond acceptors (Lipinski definition) is 8. The third kappa shape index (κ3) is 7.67. The van der Waals surface area contributed by atoms with E-state index in [9.17, 15) is 19.2 Å². The molecule has 4 heterocycles. The Morgan fingerprint density at radius 2 is 1.37 bits per heavy atom. The van der Waals surface area contributed by atoms with Crippen molar-refractivity contribution in [2.24, 2.45) is 23.2 Å². The van der Waals surface area contributed by atoms with E-state index >= 15 is 8.78 Å². The Morgan fingerprint density at radius 3 is 1.98 bits per heavy atom. The highest BCUT2D eigenvalue weighted by atomic mass is 19.3. The number of nitrogens with one attached hydrogen (secondary N) is 4. The van der Waals surface area contributed by atoms with E-state index in [1.807, 2.05) is 69.9 Å². The largest absolute Gasteiger partial charge is 0.453 e. The van der Waals surface area contributed by atoms with Crippen LogP contribution in [0.25, 0.3) is 44.5 Å². The minimum Gasteiger partial charge on any atom is -0.453 e. The number of alkyl carbamates (subject to hydrolysis) is 2. The van der Waals surface area contributed by atoms with Crippen molar-refractivity contribution in [1.29, 1.82) is 0 Å². The van der Waals surface area contributed by atoms with E-state index in [4.69, 9.17) is 19.4 Å². The molecule has 14 nitrogen and oxygen atoms in total. The van der Waals surface area contributed by atoms with Crippen molar-refractivity contribution in [2.45, 2.75) is 103 Å². The number of aromatic amines is 2. The van der Waals surface area contributed by atoms with Gasteiger partial charge < -0.3 is 39.9 Å². The van der Waals surface area contributed by atoms with Gasteiger partial charge in [-0.05, 0) is 102 Å². The van der Waals surface area contributed by atoms with Gasteiger partial charge in [-0.3, -0.25) is 9.59 Å². The van der Waals surface area contributed by atoms with Gasteiger partial charge in [-0.1, -0.05) is 65.0 Å². The predicted octanol–water partition coefficient (Wildman–Crippen LogP) is 8.85. The fraction of sp³-hybridized carbons (Fsp3) is 0.469. The van der Waals surface area contributed by atoms with Gasteiger partial charge in [-0.15, -0.1) is 0 Å². The molecule has 16 heteroatoms. The Labute approximate surface area is 376 Å². The number of amides is 4. The zero-order chi connectivity index (χ0) is 46.3. The van der Waals surface area contributed by atoms with Crippen LogP contribution in [0.15, 0.2) is 60.8 Å². The second kappa shape index (κ2) is 16.3. The molecule has 65 heavy (non-hydrogen) atoms. The van der Waals surface area contributed by atoms with Gasteiger partial charge in [0.2, 0.25) is 11.8 Å². The summed E-state index contributed by atoms with van der Waals surface area (Å²) in [6, 6.07) is 13.4. The molecule has 2 aliphatic heterocycles. The number of nitrogens with zero attached hydrogens (tertiary/aromatic N) is 4. The summed E-state index contributed by atoms with van der Waals surface area (Å²) in [6.07, 6.45) is 3.75. The number of fused-ring (bicyclic) bond motifs is 4. The van der Waals surface area contributed by atoms with Gasteiger partial charge in [-0.2, -0.15) is 8.78 Å². The fourth-order valence-electron chi connectivity index (χ4n) is 10.5. The van der Waals surface area contributed by atoms with E-state index < -0.39 is 30.2 Å². The molecular formula is C49H56F2N8O6. The molecule has 4 N–H and O–H groups in total. The number of rotatable bonds is 10. The number of imidazole rings is 2. The predicted molar refractivity (Wildman–Crippen MR) is 239 cm³/mol. The van der Waals surface area contributed by atoms with E-state index in [1.54, 1.807) is 29.3 Å². The van der Waals surface area contributed by atoms with Crippen LogP contribution in [-0.4, -0.2) is 92.6 Å². The minimum atomic E-state index is -3.29. The summed E-state index contributed by atoms with van der Waals surface area (Å²) >= 11 is 0. The van der Waals surface area contributed by atoms with E-state index in [0.29, 0.717) is 57.2 Å². The average Bonchev–Trinajstić information content (AvgIpc) is 3.71. The topological polar surface area (TPSA) is 175 Å². The normalized spacial score (nSPS) is 22.3. The lowest BCUT2D eigenvalue weighted by Crippen LogP contribution is -2.52. The molecule has 4 amide bonds. The highest BCUT2D eigenvalue weighted by Crippen LogP contribution is 2.59. The van der Waals surface area contributed by atoms with Crippen LogP contribution in [0.1, 0.15) is 102 Å². The fourth-order valence-corrected chi connectivity index (χ4v) is 10.5. The van der Waals surface area contributed by atoms with Gasteiger partial charge in [0.15, 0.2) is 0 Å². The van der Waals surface area contributed by atoms with Crippen LogP contribution in [-0.2, 0) is 25.0 Å². The maximum absolute atomic E-state index is 16.7. The molecule has 2 saturated heterocycles. The number of carbonyl (C=O) groups is 4. The van der Waals surface area contributed by atoms with Crippen LogP contribution >= 0.6 is 0 Å². The Balaban J connectivity index is 0.961.